The fourth-order valence-corrected chi connectivity index (χ4v) is 2.16. The van der Waals surface area contributed by atoms with Gasteiger partial charge in [0.05, 0.1) is 18.4 Å². The molecule has 0 aliphatic carbocycles. The number of rotatable bonds is 2. The SMILES string of the molecule is Cc1cc(C(=O)N2CC[C@@H](n3nccn3)C2)no1. The van der Waals surface area contributed by atoms with Crippen molar-refractivity contribution in [2.75, 3.05) is 13.1 Å². The lowest BCUT2D eigenvalue weighted by molar-refractivity contribution is 0.0776. The lowest BCUT2D eigenvalue weighted by Crippen LogP contribution is -2.29. The van der Waals surface area contributed by atoms with Gasteiger partial charge < -0.3 is 9.42 Å². The highest BCUT2D eigenvalue weighted by Crippen LogP contribution is 2.21. The first-order valence-electron chi connectivity index (χ1n) is 5.82. The molecule has 7 heteroatoms. The summed E-state index contributed by atoms with van der Waals surface area (Å²) in [6, 6.07) is 1.80. The monoisotopic (exact) mass is 247 g/mol. The second kappa shape index (κ2) is 4.25. The van der Waals surface area contributed by atoms with E-state index in [-0.39, 0.29) is 11.9 Å². The Balaban J connectivity index is 1.70. The number of amides is 1. The molecule has 18 heavy (non-hydrogen) atoms. The van der Waals surface area contributed by atoms with Gasteiger partial charge >= 0.3 is 0 Å². The fraction of sp³-hybridized carbons (Fsp3) is 0.455. The van der Waals surface area contributed by atoms with E-state index in [1.54, 1.807) is 35.1 Å². The van der Waals surface area contributed by atoms with E-state index in [0.29, 0.717) is 24.5 Å². The smallest absolute Gasteiger partial charge is 0.276 e. The Kier molecular flexibility index (Phi) is 2.58. The standard InChI is InChI=1S/C11H13N5O2/c1-8-6-10(14-18-8)11(17)15-5-2-9(7-15)16-12-3-4-13-16/h3-4,6,9H,2,5,7H2,1H3/t9-/m1/s1. The van der Waals surface area contributed by atoms with Crippen LogP contribution in [0, 0.1) is 6.92 Å². The van der Waals surface area contributed by atoms with Crippen LogP contribution in [-0.2, 0) is 0 Å². The predicted molar refractivity (Wildman–Crippen MR) is 60.8 cm³/mol. The zero-order valence-electron chi connectivity index (χ0n) is 9.98. The van der Waals surface area contributed by atoms with Crippen LogP contribution in [0.25, 0.3) is 0 Å². The summed E-state index contributed by atoms with van der Waals surface area (Å²) in [5.74, 6) is 0.546. The third-order valence-electron chi connectivity index (χ3n) is 3.06. The highest BCUT2D eigenvalue weighted by atomic mass is 16.5. The van der Waals surface area contributed by atoms with Gasteiger partial charge in [-0.25, -0.2) is 0 Å². The van der Waals surface area contributed by atoms with Crippen LogP contribution in [0.2, 0.25) is 0 Å². The predicted octanol–water partition coefficient (Wildman–Crippen LogP) is 0.662. The van der Waals surface area contributed by atoms with Gasteiger partial charge in [0, 0.05) is 19.2 Å². The van der Waals surface area contributed by atoms with Crippen LogP contribution < -0.4 is 0 Å². The molecule has 2 aromatic rings. The summed E-state index contributed by atoms with van der Waals surface area (Å²) in [6.07, 6.45) is 4.15. The normalized spacial score (nSPS) is 19.4. The molecule has 1 atom stereocenters. The Labute approximate surface area is 103 Å². The van der Waals surface area contributed by atoms with Gasteiger partial charge in [-0.05, 0) is 13.3 Å². The molecule has 0 N–H and O–H groups in total. The Hall–Kier alpha value is -2.18. The van der Waals surface area contributed by atoms with Crippen LogP contribution in [0.15, 0.2) is 23.0 Å². The molecular formula is C11H13N5O2. The number of hydrogen-bond donors (Lipinski definition) is 0. The van der Waals surface area contributed by atoms with Gasteiger partial charge in [-0.2, -0.15) is 15.0 Å². The van der Waals surface area contributed by atoms with E-state index < -0.39 is 0 Å². The summed E-state index contributed by atoms with van der Waals surface area (Å²) in [5, 5.41) is 11.9. The average molecular weight is 247 g/mol. The summed E-state index contributed by atoms with van der Waals surface area (Å²) in [4.78, 5) is 15.5. The molecule has 1 aliphatic rings. The summed E-state index contributed by atoms with van der Waals surface area (Å²) >= 11 is 0. The van der Waals surface area contributed by atoms with E-state index >= 15 is 0 Å². The summed E-state index contributed by atoms with van der Waals surface area (Å²) < 4.78 is 4.92. The number of hydrogen-bond acceptors (Lipinski definition) is 5. The molecule has 1 amide bonds. The van der Waals surface area contributed by atoms with E-state index in [0.717, 1.165) is 6.42 Å². The van der Waals surface area contributed by atoms with Crippen LogP contribution in [0.3, 0.4) is 0 Å². The molecule has 1 fully saturated rings. The van der Waals surface area contributed by atoms with E-state index in [9.17, 15) is 4.79 Å². The zero-order valence-corrected chi connectivity index (χ0v) is 9.98. The van der Waals surface area contributed by atoms with Crippen LogP contribution in [0.4, 0.5) is 0 Å². The molecule has 0 spiro atoms. The molecule has 0 saturated carbocycles. The minimum atomic E-state index is -0.0958. The number of carbonyl (C=O) groups is 1. The first-order chi connectivity index (χ1) is 8.74. The lowest BCUT2D eigenvalue weighted by Gasteiger charge is -2.14. The Morgan fingerprint density at radius 2 is 2.22 bits per heavy atom. The molecule has 3 rings (SSSR count). The van der Waals surface area contributed by atoms with Crippen molar-refractivity contribution in [2.45, 2.75) is 19.4 Å². The third kappa shape index (κ3) is 1.87. The number of aromatic nitrogens is 4. The number of aryl methyl sites for hydroxylation is 1. The van der Waals surface area contributed by atoms with Gasteiger partial charge in [0.1, 0.15) is 5.76 Å². The van der Waals surface area contributed by atoms with E-state index in [1.807, 2.05) is 0 Å². The largest absolute Gasteiger partial charge is 0.361 e. The van der Waals surface area contributed by atoms with Gasteiger partial charge in [-0.1, -0.05) is 5.16 Å². The molecule has 7 nitrogen and oxygen atoms in total. The van der Waals surface area contributed by atoms with Crippen LogP contribution >= 0.6 is 0 Å². The highest BCUT2D eigenvalue weighted by molar-refractivity contribution is 5.92. The molecule has 0 unspecified atom stereocenters. The van der Waals surface area contributed by atoms with Crippen LogP contribution in [0.5, 0.6) is 0 Å². The fourth-order valence-electron chi connectivity index (χ4n) is 2.16. The molecule has 0 radical (unpaired) electrons. The molecule has 1 saturated heterocycles. The molecule has 1 aliphatic heterocycles. The topological polar surface area (TPSA) is 77.1 Å². The number of carbonyl (C=O) groups excluding carboxylic acids is 1. The molecule has 2 aromatic heterocycles. The molecule has 94 valence electrons. The number of nitrogens with zero attached hydrogens (tertiary/aromatic N) is 5. The van der Waals surface area contributed by atoms with Crippen LogP contribution in [-0.4, -0.2) is 44.0 Å². The lowest BCUT2D eigenvalue weighted by atomic mass is 10.3. The van der Waals surface area contributed by atoms with Crippen molar-refractivity contribution >= 4 is 5.91 Å². The maximum atomic E-state index is 12.1. The third-order valence-corrected chi connectivity index (χ3v) is 3.06. The Morgan fingerprint density at radius 3 is 2.89 bits per heavy atom. The van der Waals surface area contributed by atoms with Crippen molar-refractivity contribution < 1.29 is 9.32 Å². The van der Waals surface area contributed by atoms with E-state index in [2.05, 4.69) is 15.4 Å². The molecule has 3 heterocycles. The Morgan fingerprint density at radius 1 is 1.44 bits per heavy atom. The van der Waals surface area contributed by atoms with Gasteiger partial charge in [-0.15, -0.1) is 0 Å². The van der Waals surface area contributed by atoms with Crippen LogP contribution in [0.1, 0.15) is 28.7 Å². The quantitative estimate of drug-likeness (QED) is 0.779. The van der Waals surface area contributed by atoms with Crippen molar-refractivity contribution in [1.29, 1.82) is 0 Å². The first-order valence-corrected chi connectivity index (χ1v) is 5.82. The van der Waals surface area contributed by atoms with E-state index in [4.69, 9.17) is 4.52 Å². The Bertz CT molecular complexity index is 548. The molecule has 0 bridgehead atoms. The maximum absolute atomic E-state index is 12.1. The average Bonchev–Trinajstić information content (AvgIpc) is 3.09. The first kappa shape index (κ1) is 10.9. The van der Waals surface area contributed by atoms with Crippen molar-refractivity contribution in [2.24, 2.45) is 0 Å². The summed E-state index contributed by atoms with van der Waals surface area (Å²) in [6.45, 7) is 3.07. The van der Waals surface area contributed by atoms with Gasteiger partial charge in [0.15, 0.2) is 5.69 Å². The second-order valence-corrected chi connectivity index (χ2v) is 4.37. The van der Waals surface area contributed by atoms with Crippen molar-refractivity contribution in [1.82, 2.24) is 25.1 Å². The summed E-state index contributed by atoms with van der Waals surface area (Å²) in [5.41, 5.74) is 0.363. The van der Waals surface area contributed by atoms with Gasteiger partial charge in [-0.3, -0.25) is 4.79 Å². The minimum absolute atomic E-state index is 0.0958. The number of likely N-dealkylation sites (tertiary alicyclic amines) is 1. The maximum Gasteiger partial charge on any atom is 0.276 e. The van der Waals surface area contributed by atoms with E-state index in [1.165, 1.54) is 0 Å². The zero-order chi connectivity index (χ0) is 12.5. The van der Waals surface area contributed by atoms with Crippen molar-refractivity contribution in [3.63, 3.8) is 0 Å². The van der Waals surface area contributed by atoms with Crippen molar-refractivity contribution in [3.8, 4) is 0 Å². The van der Waals surface area contributed by atoms with Gasteiger partial charge in [0.2, 0.25) is 0 Å². The van der Waals surface area contributed by atoms with Gasteiger partial charge in [0.25, 0.3) is 5.91 Å². The minimum Gasteiger partial charge on any atom is -0.361 e. The van der Waals surface area contributed by atoms with Crippen molar-refractivity contribution in [3.05, 3.63) is 29.9 Å². The second-order valence-electron chi connectivity index (χ2n) is 4.37. The summed E-state index contributed by atoms with van der Waals surface area (Å²) in [7, 11) is 0. The molecule has 0 aromatic carbocycles. The molecular weight excluding hydrogens is 234 g/mol. The highest BCUT2D eigenvalue weighted by Gasteiger charge is 2.30.